The molecule has 1 saturated heterocycles. The highest BCUT2D eigenvalue weighted by atomic mass is 35.5. The van der Waals surface area contributed by atoms with Gasteiger partial charge >= 0.3 is 0 Å². The number of benzene rings is 1. The molecule has 4 rings (SSSR count). The van der Waals surface area contributed by atoms with Crippen molar-refractivity contribution in [2.24, 2.45) is 0 Å². The molecule has 1 atom stereocenters. The van der Waals surface area contributed by atoms with Crippen molar-refractivity contribution < 1.29 is 0 Å². The largest absolute Gasteiger partial charge is 0.357 e. The number of hydrogen-bond acceptors (Lipinski definition) is 1. The van der Waals surface area contributed by atoms with Gasteiger partial charge in [-0.1, -0.05) is 11.6 Å². The van der Waals surface area contributed by atoms with Crippen LogP contribution in [0, 0.1) is 0 Å². The number of aromatic amines is 1. The third-order valence-corrected chi connectivity index (χ3v) is 4.49. The summed E-state index contributed by atoms with van der Waals surface area (Å²) in [6.07, 6.45) is 3.90. The second-order valence-corrected chi connectivity index (χ2v) is 5.68. The molecule has 2 nitrogen and oxygen atoms in total. The van der Waals surface area contributed by atoms with Crippen molar-refractivity contribution in [3.05, 3.63) is 34.5 Å². The monoisotopic (exact) mass is 246 g/mol. The summed E-state index contributed by atoms with van der Waals surface area (Å²) in [6, 6.07) is 6.94. The SMILES string of the molecule is Clc1ccc2[nH]c3c(c2c1)CC1CCCN1C3. The van der Waals surface area contributed by atoms with Crippen molar-refractivity contribution in [3.8, 4) is 0 Å². The Morgan fingerprint density at radius 2 is 2.29 bits per heavy atom. The summed E-state index contributed by atoms with van der Waals surface area (Å²) in [7, 11) is 0. The molecule has 1 aromatic heterocycles. The van der Waals surface area contributed by atoms with Crippen molar-refractivity contribution in [2.45, 2.75) is 31.8 Å². The van der Waals surface area contributed by atoms with Gasteiger partial charge in [0.1, 0.15) is 0 Å². The molecule has 17 heavy (non-hydrogen) atoms. The lowest BCUT2D eigenvalue weighted by atomic mass is 9.97. The van der Waals surface area contributed by atoms with Crippen molar-refractivity contribution in [1.82, 2.24) is 9.88 Å². The molecule has 2 aromatic rings. The predicted octanol–water partition coefficient (Wildman–Crippen LogP) is 3.34. The second-order valence-electron chi connectivity index (χ2n) is 5.24. The highest BCUT2D eigenvalue weighted by Crippen LogP contribution is 2.35. The molecule has 1 unspecified atom stereocenters. The first-order valence-corrected chi connectivity index (χ1v) is 6.72. The molecule has 2 aliphatic rings. The molecule has 0 bridgehead atoms. The van der Waals surface area contributed by atoms with E-state index in [0.29, 0.717) is 0 Å². The fourth-order valence-electron chi connectivity index (χ4n) is 3.42. The van der Waals surface area contributed by atoms with E-state index in [4.69, 9.17) is 11.6 Å². The van der Waals surface area contributed by atoms with Crippen LogP contribution in [0.5, 0.6) is 0 Å². The lowest BCUT2D eigenvalue weighted by molar-refractivity contribution is 0.225. The molecule has 0 amide bonds. The maximum Gasteiger partial charge on any atom is 0.0460 e. The van der Waals surface area contributed by atoms with Crippen LogP contribution < -0.4 is 0 Å². The Bertz CT molecular complexity index is 587. The minimum atomic E-state index is 0.764. The van der Waals surface area contributed by atoms with Crippen LogP contribution in [0.25, 0.3) is 10.9 Å². The first-order chi connectivity index (χ1) is 8.31. The van der Waals surface area contributed by atoms with Gasteiger partial charge in [-0.25, -0.2) is 0 Å². The van der Waals surface area contributed by atoms with Crippen LogP contribution in [0.15, 0.2) is 18.2 Å². The highest BCUT2D eigenvalue weighted by Gasteiger charge is 2.31. The molecule has 0 saturated carbocycles. The zero-order valence-corrected chi connectivity index (χ0v) is 10.4. The van der Waals surface area contributed by atoms with Gasteiger partial charge in [-0.3, -0.25) is 4.90 Å². The zero-order valence-electron chi connectivity index (χ0n) is 9.67. The van der Waals surface area contributed by atoms with Crippen LogP contribution in [0.4, 0.5) is 0 Å². The number of aromatic nitrogens is 1. The molecular formula is C14H15ClN2. The minimum Gasteiger partial charge on any atom is -0.357 e. The Labute approximate surface area is 106 Å². The van der Waals surface area contributed by atoms with E-state index >= 15 is 0 Å². The summed E-state index contributed by atoms with van der Waals surface area (Å²) in [5.41, 5.74) is 4.15. The third-order valence-electron chi connectivity index (χ3n) is 4.26. The van der Waals surface area contributed by atoms with Gasteiger partial charge in [0.05, 0.1) is 0 Å². The minimum absolute atomic E-state index is 0.764. The van der Waals surface area contributed by atoms with E-state index in [0.717, 1.165) is 17.6 Å². The van der Waals surface area contributed by atoms with Gasteiger partial charge in [-0.15, -0.1) is 0 Å². The van der Waals surface area contributed by atoms with Gasteiger partial charge in [0.25, 0.3) is 0 Å². The van der Waals surface area contributed by atoms with Crippen molar-refractivity contribution in [1.29, 1.82) is 0 Å². The Morgan fingerprint density at radius 1 is 1.35 bits per heavy atom. The zero-order chi connectivity index (χ0) is 11.4. The average molecular weight is 247 g/mol. The van der Waals surface area contributed by atoms with Crippen LogP contribution in [0.1, 0.15) is 24.1 Å². The number of rotatable bonds is 0. The predicted molar refractivity (Wildman–Crippen MR) is 70.4 cm³/mol. The van der Waals surface area contributed by atoms with Crippen LogP contribution >= 0.6 is 11.6 Å². The second kappa shape index (κ2) is 3.50. The number of nitrogens with zero attached hydrogens (tertiary/aromatic N) is 1. The summed E-state index contributed by atoms with van der Waals surface area (Å²) in [4.78, 5) is 6.17. The Balaban J connectivity index is 1.89. The molecule has 3 heterocycles. The van der Waals surface area contributed by atoms with Crippen LogP contribution in [-0.2, 0) is 13.0 Å². The Kier molecular flexibility index (Phi) is 2.06. The maximum atomic E-state index is 6.11. The molecule has 1 fully saturated rings. The van der Waals surface area contributed by atoms with Crippen molar-refractivity contribution >= 4 is 22.5 Å². The van der Waals surface area contributed by atoms with E-state index in [9.17, 15) is 0 Å². The van der Waals surface area contributed by atoms with Gasteiger partial charge in [0, 0.05) is 34.2 Å². The van der Waals surface area contributed by atoms with Gasteiger partial charge in [-0.2, -0.15) is 0 Å². The summed E-state index contributed by atoms with van der Waals surface area (Å²) in [5, 5.41) is 2.17. The average Bonchev–Trinajstić information content (AvgIpc) is 2.89. The van der Waals surface area contributed by atoms with E-state index in [-0.39, 0.29) is 0 Å². The lowest BCUT2D eigenvalue weighted by Crippen LogP contribution is -2.34. The lowest BCUT2D eigenvalue weighted by Gasteiger charge is -2.29. The molecule has 0 aliphatic carbocycles. The fraction of sp³-hybridized carbons (Fsp3) is 0.429. The van der Waals surface area contributed by atoms with E-state index in [1.807, 2.05) is 6.07 Å². The molecule has 0 spiro atoms. The standard InChI is InChI=1S/C14H15ClN2/c15-9-3-4-13-11(6-9)12-7-10-2-1-5-17(10)8-14(12)16-13/h3-4,6,10,16H,1-2,5,7-8H2. The smallest absolute Gasteiger partial charge is 0.0460 e. The molecular weight excluding hydrogens is 232 g/mol. The number of fused-ring (bicyclic) bond motifs is 4. The molecule has 1 aromatic carbocycles. The van der Waals surface area contributed by atoms with E-state index in [1.54, 1.807) is 0 Å². The highest BCUT2D eigenvalue weighted by molar-refractivity contribution is 6.31. The molecule has 1 N–H and O–H groups in total. The first kappa shape index (κ1) is 9.98. The summed E-state index contributed by atoms with van der Waals surface area (Å²) < 4.78 is 0. The molecule has 0 radical (unpaired) electrons. The molecule has 2 aliphatic heterocycles. The number of halogens is 1. The van der Waals surface area contributed by atoms with E-state index in [2.05, 4.69) is 22.0 Å². The maximum absolute atomic E-state index is 6.11. The quantitative estimate of drug-likeness (QED) is 0.756. The van der Waals surface area contributed by atoms with Crippen LogP contribution in [-0.4, -0.2) is 22.5 Å². The normalized spacial score (nSPS) is 23.9. The van der Waals surface area contributed by atoms with Crippen LogP contribution in [0.2, 0.25) is 5.02 Å². The van der Waals surface area contributed by atoms with Crippen LogP contribution in [0.3, 0.4) is 0 Å². The van der Waals surface area contributed by atoms with E-state index in [1.165, 1.54) is 48.0 Å². The Morgan fingerprint density at radius 3 is 3.24 bits per heavy atom. The molecule has 88 valence electrons. The topological polar surface area (TPSA) is 19.0 Å². The number of hydrogen-bond donors (Lipinski definition) is 1. The van der Waals surface area contributed by atoms with Gasteiger partial charge in [0.2, 0.25) is 0 Å². The van der Waals surface area contributed by atoms with Gasteiger partial charge < -0.3 is 4.98 Å². The number of nitrogens with one attached hydrogen (secondary N) is 1. The summed E-state index contributed by atoms with van der Waals surface area (Å²) >= 11 is 6.11. The van der Waals surface area contributed by atoms with Crippen molar-refractivity contribution in [2.75, 3.05) is 6.54 Å². The fourth-order valence-corrected chi connectivity index (χ4v) is 3.59. The summed E-state index contributed by atoms with van der Waals surface area (Å²) in [5.74, 6) is 0. The third kappa shape index (κ3) is 1.44. The number of H-pyrrole nitrogens is 1. The van der Waals surface area contributed by atoms with E-state index < -0.39 is 0 Å². The summed E-state index contributed by atoms with van der Waals surface area (Å²) in [6.45, 7) is 2.35. The Hall–Kier alpha value is -0.990. The van der Waals surface area contributed by atoms with Gasteiger partial charge in [0.15, 0.2) is 0 Å². The first-order valence-electron chi connectivity index (χ1n) is 6.34. The van der Waals surface area contributed by atoms with Gasteiger partial charge in [-0.05, 0) is 49.6 Å². The van der Waals surface area contributed by atoms with Crippen molar-refractivity contribution in [3.63, 3.8) is 0 Å². The molecule has 3 heteroatoms.